The largest absolute Gasteiger partial charge is 0.463 e. The van der Waals surface area contributed by atoms with Crippen LogP contribution in [0.2, 0.25) is 0 Å². The van der Waals surface area contributed by atoms with Crippen molar-refractivity contribution in [3.05, 3.63) is 23.0 Å². The molecule has 1 unspecified atom stereocenters. The molecule has 0 saturated heterocycles. The van der Waals surface area contributed by atoms with Gasteiger partial charge >= 0.3 is 23.9 Å². The highest BCUT2D eigenvalue weighted by atomic mass is 16.5. The Morgan fingerprint density at radius 2 is 1.42 bits per heavy atom. The highest BCUT2D eigenvalue weighted by Crippen LogP contribution is 2.30. The van der Waals surface area contributed by atoms with Crippen LogP contribution < -0.4 is 0 Å². The molecule has 0 saturated carbocycles. The Labute approximate surface area is 182 Å². The minimum absolute atomic E-state index is 0.0347. The van der Waals surface area contributed by atoms with Gasteiger partial charge in [-0.1, -0.05) is 0 Å². The normalized spacial score (nSPS) is 16.7. The first-order chi connectivity index (χ1) is 14.8. The van der Waals surface area contributed by atoms with Gasteiger partial charge in [0.1, 0.15) is 11.4 Å². The lowest BCUT2D eigenvalue weighted by molar-refractivity contribution is -0.147. The van der Waals surface area contributed by atoms with E-state index in [2.05, 4.69) is 0 Å². The monoisotopic (exact) mass is 440 g/mol. The quantitative estimate of drug-likeness (QED) is 0.280. The van der Waals surface area contributed by atoms with E-state index in [4.69, 9.17) is 18.9 Å². The Morgan fingerprint density at radius 1 is 0.871 bits per heavy atom. The van der Waals surface area contributed by atoms with Gasteiger partial charge < -0.3 is 28.7 Å². The number of nitrogens with zero attached hydrogens (tertiary/aromatic N) is 2. The van der Waals surface area contributed by atoms with Crippen LogP contribution in [0, 0.1) is 0 Å². The number of likely N-dealkylation sites (N-methyl/N-ethyl adjacent to an activating group) is 1. The van der Waals surface area contributed by atoms with Gasteiger partial charge in [0, 0.05) is 6.54 Å². The second kappa shape index (κ2) is 12.6. The van der Waals surface area contributed by atoms with Gasteiger partial charge in [-0.25, -0.2) is 19.2 Å². The molecule has 0 spiro atoms. The number of hydrogen-bond acceptors (Lipinski definition) is 10. The highest BCUT2D eigenvalue weighted by Gasteiger charge is 2.41. The zero-order valence-electron chi connectivity index (χ0n) is 19.1. The maximum Gasteiger partial charge on any atom is 0.355 e. The molecular weight excluding hydrogens is 408 g/mol. The number of carbonyl (C=O) groups excluding carboxylic acids is 4. The first-order valence-corrected chi connectivity index (χ1v) is 10.4. The molecule has 10 heteroatoms. The van der Waals surface area contributed by atoms with Crippen molar-refractivity contribution in [3.63, 3.8) is 0 Å². The fourth-order valence-electron chi connectivity index (χ4n) is 3.12. The van der Waals surface area contributed by atoms with E-state index in [-0.39, 0.29) is 50.1 Å². The summed E-state index contributed by atoms with van der Waals surface area (Å²) in [6, 6.07) is -0.786. The zero-order chi connectivity index (χ0) is 23.6. The predicted octanol–water partition coefficient (Wildman–Crippen LogP) is 1.36. The lowest BCUT2D eigenvalue weighted by Gasteiger charge is -2.43. The summed E-state index contributed by atoms with van der Waals surface area (Å²) in [6.07, 6.45) is 1.03. The Balaban J connectivity index is 3.61. The van der Waals surface area contributed by atoms with Crippen LogP contribution >= 0.6 is 0 Å². The molecule has 174 valence electrons. The molecule has 0 amide bonds. The van der Waals surface area contributed by atoms with Gasteiger partial charge in [0.15, 0.2) is 0 Å². The van der Waals surface area contributed by atoms with Crippen molar-refractivity contribution in [1.82, 2.24) is 9.80 Å². The molecule has 0 aromatic carbocycles. The van der Waals surface area contributed by atoms with E-state index < -0.39 is 29.9 Å². The average Bonchev–Trinajstić information content (AvgIpc) is 2.72. The maximum atomic E-state index is 12.8. The molecular formula is C21H32N2O8. The third-order valence-corrected chi connectivity index (χ3v) is 4.46. The topological polar surface area (TPSA) is 112 Å². The molecule has 1 heterocycles. The summed E-state index contributed by atoms with van der Waals surface area (Å²) in [5.74, 6) is -2.84. The molecule has 0 aromatic heterocycles. The van der Waals surface area contributed by atoms with E-state index in [1.807, 2.05) is 0 Å². The van der Waals surface area contributed by atoms with Gasteiger partial charge in [-0.15, -0.1) is 0 Å². The van der Waals surface area contributed by atoms with Crippen molar-refractivity contribution in [2.75, 3.05) is 39.6 Å². The SMILES string of the molecule is CCOC(=O)/C=C(\C(=O)OCC)N1CN(CC)C(C(=O)OCC)=C(C(=O)OCC)C1C. The Bertz CT molecular complexity index is 744. The molecule has 1 aliphatic rings. The first kappa shape index (κ1) is 26.0. The summed E-state index contributed by atoms with van der Waals surface area (Å²) in [7, 11) is 0. The Morgan fingerprint density at radius 3 is 1.94 bits per heavy atom. The summed E-state index contributed by atoms with van der Waals surface area (Å²) < 4.78 is 20.4. The van der Waals surface area contributed by atoms with Gasteiger partial charge in [0.2, 0.25) is 0 Å². The van der Waals surface area contributed by atoms with Crippen molar-refractivity contribution in [1.29, 1.82) is 0 Å². The second-order valence-electron chi connectivity index (χ2n) is 6.35. The van der Waals surface area contributed by atoms with Crippen LogP contribution in [0.25, 0.3) is 0 Å². The summed E-state index contributed by atoms with van der Waals surface area (Å²) in [4.78, 5) is 53.4. The zero-order valence-corrected chi connectivity index (χ0v) is 19.1. The predicted molar refractivity (Wildman–Crippen MR) is 110 cm³/mol. The molecule has 0 fully saturated rings. The first-order valence-electron chi connectivity index (χ1n) is 10.4. The van der Waals surface area contributed by atoms with Gasteiger partial charge in [0.25, 0.3) is 0 Å². The van der Waals surface area contributed by atoms with Crippen LogP contribution in [0.1, 0.15) is 41.5 Å². The van der Waals surface area contributed by atoms with E-state index in [1.165, 1.54) is 4.90 Å². The van der Waals surface area contributed by atoms with E-state index in [0.29, 0.717) is 6.54 Å². The molecule has 31 heavy (non-hydrogen) atoms. The van der Waals surface area contributed by atoms with E-state index in [0.717, 1.165) is 6.08 Å². The number of carbonyl (C=O) groups is 4. The third-order valence-electron chi connectivity index (χ3n) is 4.46. The molecule has 1 aliphatic heterocycles. The highest BCUT2D eigenvalue weighted by molar-refractivity contribution is 6.02. The summed E-state index contributed by atoms with van der Waals surface area (Å²) >= 11 is 0. The smallest absolute Gasteiger partial charge is 0.355 e. The minimum atomic E-state index is -0.786. The van der Waals surface area contributed by atoms with Crippen molar-refractivity contribution >= 4 is 23.9 Å². The van der Waals surface area contributed by atoms with E-state index in [9.17, 15) is 19.2 Å². The molecule has 0 bridgehead atoms. The summed E-state index contributed by atoms with van der Waals surface area (Å²) in [5, 5.41) is 0. The van der Waals surface area contributed by atoms with E-state index in [1.54, 1.807) is 46.4 Å². The van der Waals surface area contributed by atoms with Crippen molar-refractivity contribution in [2.24, 2.45) is 0 Å². The standard InChI is InChI=1S/C21H32N2O8/c1-7-22-13-23(15(19(25)29-9-3)12-16(24)28-8-2)14(6)17(20(26)30-10-4)18(22)21(27)31-11-5/h12,14H,7-11,13H2,1-6H3/b15-12+. The molecule has 0 aliphatic carbocycles. The fraction of sp³-hybridized carbons (Fsp3) is 0.619. The summed E-state index contributed by atoms with van der Waals surface area (Å²) in [6.45, 7) is 10.8. The van der Waals surface area contributed by atoms with Gasteiger partial charge in [-0.2, -0.15) is 0 Å². The fourth-order valence-corrected chi connectivity index (χ4v) is 3.12. The van der Waals surface area contributed by atoms with Gasteiger partial charge in [0.05, 0.1) is 50.8 Å². The third kappa shape index (κ3) is 6.47. The number of rotatable bonds is 10. The van der Waals surface area contributed by atoms with E-state index >= 15 is 0 Å². The van der Waals surface area contributed by atoms with Crippen LogP contribution in [0.3, 0.4) is 0 Å². The second-order valence-corrected chi connectivity index (χ2v) is 6.35. The molecule has 0 aromatic rings. The van der Waals surface area contributed by atoms with Crippen LogP contribution in [-0.4, -0.2) is 79.4 Å². The van der Waals surface area contributed by atoms with Crippen molar-refractivity contribution in [2.45, 2.75) is 47.6 Å². The Hall–Kier alpha value is -3.04. The maximum absolute atomic E-state index is 12.8. The lowest BCUT2D eigenvalue weighted by atomic mass is 10.00. The molecule has 1 atom stereocenters. The van der Waals surface area contributed by atoms with Gasteiger partial charge in [-0.05, 0) is 41.5 Å². The summed E-state index contributed by atoms with van der Waals surface area (Å²) in [5.41, 5.74) is 0.0225. The molecule has 1 rings (SSSR count). The average molecular weight is 440 g/mol. The van der Waals surface area contributed by atoms with Gasteiger partial charge in [-0.3, -0.25) is 0 Å². The van der Waals surface area contributed by atoms with Crippen LogP contribution in [0.4, 0.5) is 0 Å². The lowest BCUT2D eigenvalue weighted by Crippen LogP contribution is -2.52. The number of esters is 4. The van der Waals surface area contributed by atoms with Crippen molar-refractivity contribution < 1.29 is 38.1 Å². The van der Waals surface area contributed by atoms with Crippen LogP contribution in [-0.2, 0) is 38.1 Å². The van der Waals surface area contributed by atoms with Crippen LogP contribution in [0.15, 0.2) is 23.0 Å². The van der Waals surface area contributed by atoms with Crippen LogP contribution in [0.5, 0.6) is 0 Å². The number of ether oxygens (including phenoxy) is 4. The minimum Gasteiger partial charge on any atom is -0.463 e. The molecule has 10 nitrogen and oxygen atoms in total. The Kier molecular flexibility index (Phi) is 10.6. The molecule has 0 N–H and O–H groups in total. The van der Waals surface area contributed by atoms with Crippen molar-refractivity contribution in [3.8, 4) is 0 Å². The molecule has 0 radical (unpaired) electrons. The number of hydrogen-bond donors (Lipinski definition) is 0.